The first-order valence-corrected chi connectivity index (χ1v) is 9.22. The van der Waals surface area contributed by atoms with Crippen LogP contribution in [0.3, 0.4) is 0 Å². The lowest BCUT2D eigenvalue weighted by molar-refractivity contribution is 0.144. The van der Waals surface area contributed by atoms with Crippen molar-refractivity contribution >= 4 is 6.03 Å². The Morgan fingerprint density at radius 3 is 2.48 bits per heavy atom. The van der Waals surface area contributed by atoms with Crippen LogP contribution in [0, 0.1) is 0 Å². The number of urea groups is 1. The Morgan fingerprint density at radius 2 is 1.84 bits per heavy atom. The average Bonchev–Trinajstić information content (AvgIpc) is 2.61. The molecule has 1 heterocycles. The zero-order valence-electron chi connectivity index (χ0n) is 15.4. The van der Waals surface area contributed by atoms with Gasteiger partial charge in [-0.3, -0.25) is 4.90 Å². The summed E-state index contributed by atoms with van der Waals surface area (Å²) in [7, 11) is 2.14. The molecule has 2 amide bonds. The highest BCUT2D eigenvalue weighted by Gasteiger charge is 2.19. The maximum Gasteiger partial charge on any atom is 0.315 e. The summed E-state index contributed by atoms with van der Waals surface area (Å²) < 4.78 is 0. The van der Waals surface area contributed by atoms with E-state index in [2.05, 4.69) is 27.5 Å². The van der Waals surface area contributed by atoms with Crippen LogP contribution in [0.2, 0.25) is 0 Å². The third-order valence-electron chi connectivity index (χ3n) is 4.66. The van der Waals surface area contributed by atoms with E-state index in [0.29, 0.717) is 6.42 Å². The third kappa shape index (κ3) is 7.02. The third-order valence-corrected chi connectivity index (χ3v) is 4.66. The molecule has 0 saturated carbocycles. The van der Waals surface area contributed by atoms with Crippen LogP contribution in [-0.2, 0) is 0 Å². The zero-order valence-corrected chi connectivity index (χ0v) is 15.4. The second-order valence-corrected chi connectivity index (χ2v) is 6.95. The van der Waals surface area contributed by atoms with E-state index in [1.807, 2.05) is 37.3 Å². The van der Waals surface area contributed by atoms with Crippen molar-refractivity contribution in [3.63, 3.8) is 0 Å². The van der Waals surface area contributed by atoms with Crippen LogP contribution in [0.15, 0.2) is 30.3 Å². The van der Waals surface area contributed by atoms with Crippen molar-refractivity contribution in [3.8, 4) is 0 Å². The fourth-order valence-corrected chi connectivity index (χ4v) is 3.19. The standard InChI is InChI=1S/C19H32N4O2/c1-16(15-23-12-10-22(2)11-13-23)20-19(25)21-18(9-6-14-24)17-7-4-3-5-8-17/h3-5,7-8,16,18,24H,6,9-15H2,1-2H3,(H2,20,21,25). The van der Waals surface area contributed by atoms with E-state index in [4.69, 9.17) is 5.11 Å². The van der Waals surface area contributed by atoms with Gasteiger partial charge in [0.2, 0.25) is 0 Å². The van der Waals surface area contributed by atoms with Gasteiger partial charge in [-0.1, -0.05) is 30.3 Å². The Kier molecular flexibility index (Phi) is 8.18. The van der Waals surface area contributed by atoms with Gasteiger partial charge < -0.3 is 20.6 Å². The molecular formula is C19H32N4O2. The summed E-state index contributed by atoms with van der Waals surface area (Å²) >= 11 is 0. The zero-order chi connectivity index (χ0) is 18.1. The number of rotatable bonds is 8. The van der Waals surface area contributed by atoms with Gasteiger partial charge in [0.1, 0.15) is 0 Å². The molecule has 1 fully saturated rings. The van der Waals surface area contributed by atoms with E-state index in [9.17, 15) is 4.79 Å². The maximum atomic E-state index is 12.4. The molecule has 1 aromatic carbocycles. The van der Waals surface area contributed by atoms with Gasteiger partial charge in [0.05, 0.1) is 6.04 Å². The molecule has 0 radical (unpaired) electrons. The monoisotopic (exact) mass is 348 g/mol. The predicted molar refractivity (Wildman–Crippen MR) is 101 cm³/mol. The number of piperazine rings is 1. The Hall–Kier alpha value is -1.63. The van der Waals surface area contributed by atoms with Crippen LogP contribution >= 0.6 is 0 Å². The van der Waals surface area contributed by atoms with Crippen LogP contribution in [0.25, 0.3) is 0 Å². The number of carbonyl (C=O) groups is 1. The minimum absolute atomic E-state index is 0.0795. The first-order chi connectivity index (χ1) is 12.1. The van der Waals surface area contributed by atoms with Crippen LogP contribution in [0.1, 0.15) is 31.4 Å². The van der Waals surface area contributed by atoms with Crippen molar-refractivity contribution in [3.05, 3.63) is 35.9 Å². The molecule has 6 nitrogen and oxygen atoms in total. The number of carbonyl (C=O) groups excluding carboxylic acids is 1. The molecule has 2 rings (SSSR count). The van der Waals surface area contributed by atoms with E-state index in [-0.39, 0.29) is 24.7 Å². The minimum Gasteiger partial charge on any atom is -0.396 e. The number of likely N-dealkylation sites (N-methyl/N-ethyl adjacent to an activating group) is 1. The van der Waals surface area contributed by atoms with Crippen LogP contribution in [0.4, 0.5) is 4.79 Å². The van der Waals surface area contributed by atoms with E-state index in [0.717, 1.165) is 44.7 Å². The van der Waals surface area contributed by atoms with Crippen LogP contribution in [0.5, 0.6) is 0 Å². The van der Waals surface area contributed by atoms with Crippen molar-refractivity contribution in [2.24, 2.45) is 0 Å². The van der Waals surface area contributed by atoms with Gasteiger partial charge in [0.25, 0.3) is 0 Å². The molecule has 140 valence electrons. The van der Waals surface area contributed by atoms with Gasteiger partial charge in [-0.25, -0.2) is 4.79 Å². The Balaban J connectivity index is 1.81. The number of hydrogen-bond acceptors (Lipinski definition) is 4. The van der Waals surface area contributed by atoms with Crippen LogP contribution < -0.4 is 10.6 Å². The first-order valence-electron chi connectivity index (χ1n) is 9.22. The number of nitrogens with one attached hydrogen (secondary N) is 2. The van der Waals surface area contributed by atoms with Gasteiger partial charge in [-0.2, -0.15) is 0 Å². The van der Waals surface area contributed by atoms with E-state index >= 15 is 0 Å². The van der Waals surface area contributed by atoms with Crippen molar-refractivity contribution < 1.29 is 9.90 Å². The van der Waals surface area contributed by atoms with Crippen LogP contribution in [-0.4, -0.2) is 73.4 Å². The van der Waals surface area contributed by atoms with Gasteiger partial charge >= 0.3 is 6.03 Å². The molecule has 0 spiro atoms. The van der Waals surface area contributed by atoms with Gasteiger partial charge in [-0.15, -0.1) is 0 Å². The maximum absolute atomic E-state index is 12.4. The van der Waals surface area contributed by atoms with Gasteiger partial charge in [-0.05, 0) is 32.4 Å². The van der Waals surface area contributed by atoms with Crippen molar-refractivity contribution in [1.82, 2.24) is 20.4 Å². The summed E-state index contributed by atoms with van der Waals surface area (Å²) in [5, 5.41) is 15.2. The Morgan fingerprint density at radius 1 is 1.16 bits per heavy atom. The second kappa shape index (κ2) is 10.4. The van der Waals surface area contributed by atoms with Gasteiger partial charge in [0.15, 0.2) is 0 Å². The lowest BCUT2D eigenvalue weighted by Gasteiger charge is -2.34. The second-order valence-electron chi connectivity index (χ2n) is 6.95. The summed E-state index contributed by atoms with van der Waals surface area (Å²) in [5.74, 6) is 0. The molecule has 3 N–H and O–H groups in total. The molecule has 1 saturated heterocycles. The number of aliphatic hydroxyl groups excluding tert-OH is 1. The Bertz CT molecular complexity index is 503. The molecule has 6 heteroatoms. The summed E-state index contributed by atoms with van der Waals surface area (Å²) in [5.41, 5.74) is 1.07. The topological polar surface area (TPSA) is 67.8 Å². The largest absolute Gasteiger partial charge is 0.396 e. The van der Waals surface area contributed by atoms with Crippen molar-refractivity contribution in [1.29, 1.82) is 0 Å². The summed E-state index contributed by atoms with van der Waals surface area (Å²) in [6.07, 6.45) is 1.39. The fraction of sp³-hybridized carbons (Fsp3) is 0.632. The number of hydrogen-bond donors (Lipinski definition) is 3. The first kappa shape index (κ1) is 19.7. The summed E-state index contributed by atoms with van der Waals surface area (Å²) in [6.45, 7) is 7.30. The van der Waals surface area contributed by atoms with E-state index in [1.165, 1.54) is 0 Å². The highest BCUT2D eigenvalue weighted by molar-refractivity contribution is 5.74. The fourth-order valence-electron chi connectivity index (χ4n) is 3.19. The summed E-state index contributed by atoms with van der Waals surface area (Å²) in [4.78, 5) is 17.1. The molecule has 25 heavy (non-hydrogen) atoms. The minimum atomic E-state index is -0.145. The Labute approximate surface area is 151 Å². The highest BCUT2D eigenvalue weighted by atomic mass is 16.3. The SMILES string of the molecule is CC(CN1CCN(C)CC1)NC(=O)NC(CCCO)c1ccccc1. The molecule has 1 aromatic rings. The van der Waals surface area contributed by atoms with E-state index < -0.39 is 0 Å². The molecule has 2 unspecified atom stereocenters. The number of aliphatic hydroxyl groups is 1. The van der Waals surface area contributed by atoms with E-state index in [1.54, 1.807) is 0 Å². The number of benzene rings is 1. The average molecular weight is 348 g/mol. The predicted octanol–water partition coefficient (Wildman–Crippen LogP) is 1.44. The smallest absolute Gasteiger partial charge is 0.315 e. The van der Waals surface area contributed by atoms with Crippen molar-refractivity contribution in [2.75, 3.05) is 46.4 Å². The number of nitrogens with zero attached hydrogens (tertiary/aromatic N) is 2. The molecule has 2 atom stereocenters. The summed E-state index contributed by atoms with van der Waals surface area (Å²) in [6, 6.07) is 9.79. The van der Waals surface area contributed by atoms with Crippen molar-refractivity contribution in [2.45, 2.75) is 31.8 Å². The highest BCUT2D eigenvalue weighted by Crippen LogP contribution is 2.17. The normalized spacial score (nSPS) is 18.5. The quantitative estimate of drug-likeness (QED) is 0.665. The lowest BCUT2D eigenvalue weighted by atomic mass is 10.0. The molecule has 0 aromatic heterocycles. The molecule has 1 aliphatic rings. The molecule has 1 aliphatic heterocycles. The lowest BCUT2D eigenvalue weighted by Crippen LogP contribution is -2.51. The molecule has 0 bridgehead atoms. The van der Waals surface area contributed by atoms with Gasteiger partial charge in [0, 0.05) is 45.4 Å². The molecular weight excluding hydrogens is 316 g/mol. The molecule has 0 aliphatic carbocycles. The number of amides is 2.